The minimum Gasteiger partial charge on any atom is -0.300 e. The Hall–Kier alpha value is -3.44. The Kier molecular flexibility index (Phi) is 15.0. The number of Topliss-reactive ketones (excluding diaryl/α,β-unsaturated/α-hetero) is 2. The summed E-state index contributed by atoms with van der Waals surface area (Å²) in [6.07, 6.45) is 3.83. The summed E-state index contributed by atoms with van der Waals surface area (Å²) in [4.78, 5) is 38.3. The van der Waals surface area contributed by atoms with E-state index >= 15 is 0 Å². The third-order valence-corrected chi connectivity index (χ3v) is 5.71. The summed E-state index contributed by atoms with van der Waals surface area (Å²) in [6, 6.07) is 20.3. The number of nitrogens with zero attached hydrogens (tertiary/aromatic N) is 4. The average molecular weight is 626 g/mol. The van der Waals surface area contributed by atoms with Crippen LogP contribution >= 0.6 is 0 Å². The van der Waals surface area contributed by atoms with Gasteiger partial charge in [-0.15, -0.1) is 0 Å². The molecule has 2 heterocycles. The van der Waals surface area contributed by atoms with Gasteiger partial charge in [-0.25, -0.2) is 0 Å². The van der Waals surface area contributed by atoms with Crippen molar-refractivity contribution in [1.82, 2.24) is 19.9 Å². The van der Waals surface area contributed by atoms with Crippen LogP contribution in [0.3, 0.4) is 0 Å². The molecule has 0 aliphatic rings. The van der Waals surface area contributed by atoms with Gasteiger partial charge in [0.2, 0.25) is 0 Å². The van der Waals surface area contributed by atoms with Gasteiger partial charge in [-0.3, -0.25) is 29.5 Å². The predicted molar refractivity (Wildman–Crippen MR) is 159 cm³/mol. The van der Waals surface area contributed by atoms with Crippen LogP contribution in [0.5, 0.6) is 0 Å². The Morgan fingerprint density at radius 3 is 1.18 bits per heavy atom. The van der Waals surface area contributed by atoms with Crippen LogP contribution in [0.15, 0.2) is 73.1 Å². The average Bonchev–Trinajstić information content (AvgIpc) is 2.89. The molecular weight excluding hydrogens is 585 g/mol. The molecule has 0 aliphatic heterocycles. The van der Waals surface area contributed by atoms with Gasteiger partial charge < -0.3 is 0 Å². The van der Waals surface area contributed by atoms with Crippen molar-refractivity contribution >= 4 is 11.6 Å². The Morgan fingerprint density at radius 2 is 0.950 bits per heavy atom. The minimum absolute atomic E-state index is 0. The smallest absolute Gasteiger partial charge is 0.300 e. The summed E-state index contributed by atoms with van der Waals surface area (Å²) in [5.41, 5.74) is 8.31. The van der Waals surface area contributed by atoms with E-state index in [2.05, 4.69) is 71.9 Å². The molecular formula is C33H40N4O2Ru+3. The topological polar surface area (TPSA) is 85.7 Å². The van der Waals surface area contributed by atoms with Crippen LogP contribution in [0, 0.1) is 13.8 Å². The van der Waals surface area contributed by atoms with Gasteiger partial charge >= 0.3 is 19.5 Å². The normalized spacial score (nSPS) is 10.1. The van der Waals surface area contributed by atoms with Gasteiger partial charge in [0.25, 0.3) is 0 Å². The van der Waals surface area contributed by atoms with Gasteiger partial charge in [0.1, 0.15) is 11.6 Å². The van der Waals surface area contributed by atoms with Crippen molar-refractivity contribution in [2.45, 2.75) is 73.6 Å². The number of ketones is 2. The second-order valence-corrected chi connectivity index (χ2v) is 10.1. The van der Waals surface area contributed by atoms with E-state index in [1.165, 1.54) is 13.8 Å². The van der Waals surface area contributed by atoms with Crippen molar-refractivity contribution in [3.63, 3.8) is 0 Å². The maximum absolute atomic E-state index is 10.0. The summed E-state index contributed by atoms with van der Waals surface area (Å²) in [7, 11) is 0. The molecule has 0 unspecified atom stereocenters. The maximum Gasteiger partial charge on any atom is 3.00 e. The molecule has 0 saturated carbocycles. The van der Waals surface area contributed by atoms with E-state index < -0.39 is 0 Å². The summed E-state index contributed by atoms with van der Waals surface area (Å²) >= 11 is 0. The number of carbonyl (C=O) groups excluding carboxylic acids is 2. The van der Waals surface area contributed by atoms with Gasteiger partial charge in [0, 0.05) is 23.5 Å². The van der Waals surface area contributed by atoms with Crippen molar-refractivity contribution in [2.75, 3.05) is 0 Å². The van der Waals surface area contributed by atoms with E-state index in [4.69, 9.17) is 0 Å². The summed E-state index contributed by atoms with van der Waals surface area (Å²) < 4.78 is 0. The number of rotatable bonds is 6. The zero-order chi connectivity index (χ0) is 28.9. The number of hydrogen-bond acceptors (Lipinski definition) is 6. The predicted octanol–water partition coefficient (Wildman–Crippen LogP) is 7.70. The van der Waals surface area contributed by atoms with Gasteiger partial charge in [-0.05, 0) is 39.5 Å². The first-order chi connectivity index (χ1) is 18.5. The van der Waals surface area contributed by atoms with Crippen molar-refractivity contribution < 1.29 is 29.1 Å². The molecule has 4 rings (SSSR count). The maximum atomic E-state index is 10.0. The summed E-state index contributed by atoms with van der Waals surface area (Å²) in [6.45, 7) is 15.4. The molecule has 0 saturated heterocycles. The van der Waals surface area contributed by atoms with Crippen molar-refractivity contribution in [1.29, 1.82) is 0 Å². The molecule has 0 aliphatic carbocycles. The fourth-order valence-electron chi connectivity index (χ4n) is 3.66. The van der Waals surface area contributed by atoms with E-state index in [1.54, 1.807) is 0 Å². The van der Waals surface area contributed by atoms with E-state index in [9.17, 15) is 9.59 Å². The number of aryl methyl sites for hydroxylation is 2. The number of aromatic nitrogens is 4. The molecule has 0 bridgehead atoms. The Labute approximate surface area is 251 Å². The van der Waals surface area contributed by atoms with Crippen LogP contribution in [0.1, 0.15) is 82.6 Å². The Morgan fingerprint density at radius 1 is 0.625 bits per heavy atom. The number of carbonyl (C=O) groups is 2. The van der Waals surface area contributed by atoms with Crippen LogP contribution in [-0.2, 0) is 29.1 Å². The molecule has 4 aromatic rings. The molecule has 0 atom stereocenters. The quantitative estimate of drug-likeness (QED) is 0.161. The van der Waals surface area contributed by atoms with Crippen LogP contribution in [0.25, 0.3) is 22.5 Å². The molecule has 209 valence electrons. The SMILES string of the molecule is CC(=O)CC(C)=O.Cc1nc(C(C)C)cnc1-c1ccccc1.Cc1nc(C(C)C)cnc1-c1ccccc1.[Ru+3]. The molecule has 0 amide bonds. The molecule has 2 aromatic heterocycles. The molecule has 40 heavy (non-hydrogen) atoms. The molecule has 7 heteroatoms. The second-order valence-electron chi connectivity index (χ2n) is 10.1. The summed E-state index contributed by atoms with van der Waals surface area (Å²) in [5, 5.41) is 0. The van der Waals surface area contributed by atoms with Crippen molar-refractivity contribution in [3.05, 3.63) is 95.8 Å². The van der Waals surface area contributed by atoms with Gasteiger partial charge in [0.05, 0.1) is 40.6 Å². The van der Waals surface area contributed by atoms with E-state index in [0.717, 1.165) is 45.3 Å². The van der Waals surface area contributed by atoms with E-state index in [1.807, 2.05) is 62.6 Å². The fourth-order valence-corrected chi connectivity index (χ4v) is 3.66. The first-order valence-electron chi connectivity index (χ1n) is 13.3. The molecule has 6 nitrogen and oxygen atoms in total. The molecule has 0 N–H and O–H groups in total. The van der Waals surface area contributed by atoms with Gasteiger partial charge in [0.15, 0.2) is 0 Å². The first kappa shape index (κ1) is 34.6. The largest absolute Gasteiger partial charge is 3.00 e. The summed E-state index contributed by atoms with van der Waals surface area (Å²) in [5.74, 6) is 0.729. The van der Waals surface area contributed by atoms with Crippen LogP contribution < -0.4 is 0 Å². The monoisotopic (exact) mass is 626 g/mol. The zero-order valence-electron chi connectivity index (χ0n) is 24.7. The molecule has 2 aromatic carbocycles. The molecule has 0 fully saturated rings. The van der Waals surface area contributed by atoms with Crippen LogP contribution in [-0.4, -0.2) is 31.5 Å². The minimum atomic E-state index is -0.0625. The molecule has 0 spiro atoms. The third-order valence-electron chi connectivity index (χ3n) is 5.71. The second kappa shape index (κ2) is 17.3. The van der Waals surface area contributed by atoms with Crippen LogP contribution in [0.2, 0.25) is 0 Å². The molecule has 1 radical (unpaired) electrons. The standard InChI is InChI=1S/2C14H16N2.C5H8O2.Ru/c2*1-10(2)13-9-15-14(11(3)16-13)12-7-5-4-6-8-12;1-4(6)3-5(2)7;/h2*4-10H,1-3H3;3H2,1-2H3;/q;;;+3. The fraction of sp³-hybridized carbons (Fsp3) is 0.333. The van der Waals surface area contributed by atoms with E-state index in [-0.39, 0.29) is 37.5 Å². The third kappa shape index (κ3) is 11.4. The zero-order valence-corrected chi connectivity index (χ0v) is 26.5. The van der Waals surface area contributed by atoms with E-state index in [0.29, 0.717) is 11.8 Å². The van der Waals surface area contributed by atoms with Gasteiger partial charge in [-0.2, -0.15) is 0 Å². The van der Waals surface area contributed by atoms with Gasteiger partial charge in [-0.1, -0.05) is 88.4 Å². The van der Waals surface area contributed by atoms with Crippen molar-refractivity contribution in [2.24, 2.45) is 0 Å². The number of benzene rings is 2. The Bertz CT molecular complexity index is 1250. The number of hydrogen-bond donors (Lipinski definition) is 0. The Balaban J connectivity index is 0.000000320. The first-order valence-corrected chi connectivity index (χ1v) is 13.3. The van der Waals surface area contributed by atoms with Crippen molar-refractivity contribution in [3.8, 4) is 22.5 Å². The van der Waals surface area contributed by atoms with Crippen LogP contribution in [0.4, 0.5) is 0 Å².